The van der Waals surface area contributed by atoms with E-state index in [2.05, 4.69) is 117 Å². The van der Waals surface area contributed by atoms with Crippen molar-refractivity contribution in [3.05, 3.63) is 138 Å². The van der Waals surface area contributed by atoms with Crippen molar-refractivity contribution in [2.45, 2.75) is 46.4 Å². The highest BCUT2D eigenvalue weighted by atomic mass is 16.5. The Morgan fingerprint density at radius 1 is 0.686 bits per heavy atom. The van der Waals surface area contributed by atoms with Crippen LogP contribution in [0.3, 0.4) is 0 Å². The fourth-order valence-electron chi connectivity index (χ4n) is 7.84. The molecule has 0 aliphatic heterocycles. The Morgan fingerprint density at radius 2 is 1.43 bits per heavy atom. The van der Waals surface area contributed by atoms with Crippen LogP contribution in [0.5, 0.6) is 5.75 Å². The van der Waals surface area contributed by atoms with Crippen LogP contribution in [0.2, 0.25) is 0 Å². The lowest BCUT2D eigenvalue weighted by Crippen LogP contribution is -2.10. The summed E-state index contributed by atoms with van der Waals surface area (Å²) in [6, 6.07) is 41.3. The number of hydrogen-bond donors (Lipinski definition) is 0. The summed E-state index contributed by atoms with van der Waals surface area (Å²) in [7, 11) is 1.68. The van der Waals surface area contributed by atoms with Gasteiger partial charge in [-0.15, -0.1) is 0 Å². The topological polar surface area (TPSA) is 40.2 Å². The molecule has 0 radical (unpaired) electrons. The van der Waals surface area contributed by atoms with Crippen LogP contribution in [0.4, 0.5) is 0 Å². The molecular weight excluding hydrogens is 625 g/mol. The lowest BCUT2D eigenvalue weighted by molar-refractivity contribution is 0.420. The maximum Gasteiger partial charge on any atom is 0.150 e. The molecule has 4 nitrogen and oxygen atoms in total. The van der Waals surface area contributed by atoms with Gasteiger partial charge in [-0.1, -0.05) is 107 Å². The number of benzene rings is 7. The number of aryl methyl sites for hydroxylation is 1. The van der Waals surface area contributed by atoms with Gasteiger partial charge in [-0.25, -0.2) is 4.98 Å². The molecule has 250 valence electrons. The molecular formula is C47H40N2O2. The van der Waals surface area contributed by atoms with Gasteiger partial charge in [0.15, 0.2) is 0 Å². The molecule has 0 amide bonds. The van der Waals surface area contributed by atoms with E-state index in [1.165, 1.54) is 0 Å². The first-order valence-electron chi connectivity index (χ1n) is 19.1. The summed E-state index contributed by atoms with van der Waals surface area (Å²) in [5.41, 5.74) is 8.96. The molecule has 0 saturated carbocycles. The Balaban J connectivity index is 1.43. The second-order valence-corrected chi connectivity index (χ2v) is 14.1. The molecule has 0 N–H and O–H groups in total. The van der Waals surface area contributed by atoms with Gasteiger partial charge in [0, 0.05) is 9.50 Å². The second kappa shape index (κ2) is 11.9. The second-order valence-electron chi connectivity index (χ2n) is 14.1. The van der Waals surface area contributed by atoms with Crippen LogP contribution in [-0.2, 0) is 0 Å². The number of aromatic nitrogens is 2. The average molecular weight is 668 g/mol. The molecule has 51 heavy (non-hydrogen) atoms. The number of rotatable bonds is 6. The summed E-state index contributed by atoms with van der Waals surface area (Å²) in [5.74, 6) is 1.52. The molecule has 9 rings (SSSR count). The van der Waals surface area contributed by atoms with Gasteiger partial charge in [-0.05, 0) is 111 Å². The first-order valence-corrected chi connectivity index (χ1v) is 17.6. The van der Waals surface area contributed by atoms with Crippen LogP contribution in [0, 0.1) is 6.85 Å². The van der Waals surface area contributed by atoms with Crippen molar-refractivity contribution in [3.63, 3.8) is 0 Å². The van der Waals surface area contributed by atoms with Crippen molar-refractivity contribution in [2.75, 3.05) is 7.11 Å². The van der Waals surface area contributed by atoms with Crippen molar-refractivity contribution in [3.8, 4) is 34.0 Å². The van der Waals surface area contributed by atoms with Crippen LogP contribution >= 0.6 is 0 Å². The minimum Gasteiger partial charge on any atom is -0.496 e. The van der Waals surface area contributed by atoms with Gasteiger partial charge in [0.25, 0.3) is 0 Å². The zero-order chi connectivity index (χ0) is 37.5. The van der Waals surface area contributed by atoms with Crippen molar-refractivity contribution < 1.29 is 13.3 Å². The Labute approximate surface area is 302 Å². The summed E-state index contributed by atoms with van der Waals surface area (Å²) in [4.78, 5) is 5.30. The number of ether oxygens (including phenoxy) is 1. The molecule has 0 bridgehead atoms. The fraction of sp³-hybridized carbons (Fsp3) is 0.170. The highest BCUT2D eigenvalue weighted by Gasteiger charge is 2.27. The highest BCUT2D eigenvalue weighted by molar-refractivity contribution is 6.19. The predicted octanol–water partition coefficient (Wildman–Crippen LogP) is 13.1. The Hall–Kier alpha value is -5.87. The van der Waals surface area contributed by atoms with Crippen molar-refractivity contribution >= 4 is 54.5 Å². The molecule has 0 unspecified atom stereocenters. The van der Waals surface area contributed by atoms with E-state index in [1.807, 2.05) is 24.3 Å². The van der Waals surface area contributed by atoms with Gasteiger partial charge in [0.1, 0.15) is 22.7 Å². The molecule has 0 spiro atoms. The molecule has 0 fully saturated rings. The summed E-state index contributed by atoms with van der Waals surface area (Å²) in [6.07, 6.45) is 0. The summed E-state index contributed by atoms with van der Waals surface area (Å²) < 4.78 is 41.1. The van der Waals surface area contributed by atoms with Crippen molar-refractivity contribution in [2.24, 2.45) is 0 Å². The van der Waals surface area contributed by atoms with E-state index in [0.29, 0.717) is 28.2 Å². The molecule has 0 aliphatic rings. The largest absolute Gasteiger partial charge is 0.496 e. The number of furan rings is 1. The lowest BCUT2D eigenvalue weighted by Gasteiger charge is -2.25. The number of hydrogen-bond acceptors (Lipinski definition) is 3. The third-order valence-electron chi connectivity index (χ3n) is 10.3. The van der Waals surface area contributed by atoms with Gasteiger partial charge in [0.05, 0.1) is 34.8 Å². The monoisotopic (exact) mass is 667 g/mol. The number of methoxy groups -OCH3 is 1. The fourth-order valence-corrected chi connectivity index (χ4v) is 7.84. The summed E-state index contributed by atoms with van der Waals surface area (Å²) in [6.45, 7) is 6.40. The first kappa shape index (κ1) is 27.9. The van der Waals surface area contributed by atoms with Crippen molar-refractivity contribution in [1.82, 2.24) is 9.55 Å². The number of fused-ring (bicyclic) bond motifs is 7. The Bertz CT molecular complexity index is 2890. The van der Waals surface area contributed by atoms with Gasteiger partial charge < -0.3 is 9.15 Å². The molecule has 0 aliphatic carbocycles. The molecule has 4 heteroatoms. The quantitative estimate of drug-likeness (QED) is 0.166. The van der Waals surface area contributed by atoms with Crippen molar-refractivity contribution in [1.29, 1.82) is 0 Å². The molecule has 7 aromatic carbocycles. The van der Waals surface area contributed by atoms with E-state index in [4.69, 9.17) is 18.3 Å². The Kier molecular flexibility index (Phi) is 6.50. The minimum absolute atomic E-state index is 0.107. The predicted molar refractivity (Wildman–Crippen MR) is 214 cm³/mol. The van der Waals surface area contributed by atoms with E-state index >= 15 is 0 Å². The van der Waals surface area contributed by atoms with E-state index < -0.39 is 6.85 Å². The van der Waals surface area contributed by atoms with Crippen LogP contribution in [-0.4, -0.2) is 16.7 Å². The lowest BCUT2D eigenvalue weighted by atomic mass is 9.88. The summed E-state index contributed by atoms with van der Waals surface area (Å²) >= 11 is 0. The molecule has 2 heterocycles. The summed E-state index contributed by atoms with van der Waals surface area (Å²) in [5, 5.41) is 6.32. The normalized spacial score (nSPS) is 13.2. The highest BCUT2D eigenvalue weighted by Crippen LogP contribution is 2.46. The minimum atomic E-state index is -2.38. The van der Waals surface area contributed by atoms with E-state index in [9.17, 15) is 0 Å². The third kappa shape index (κ3) is 4.85. The van der Waals surface area contributed by atoms with Crippen LogP contribution in [0.1, 0.15) is 60.3 Å². The zero-order valence-electron chi connectivity index (χ0n) is 32.4. The van der Waals surface area contributed by atoms with E-state index in [-0.39, 0.29) is 17.4 Å². The number of imidazole rings is 1. The zero-order valence-corrected chi connectivity index (χ0v) is 29.4. The molecule has 0 atom stereocenters. The maximum atomic E-state index is 8.69. The number of para-hydroxylation sites is 1. The third-order valence-corrected chi connectivity index (χ3v) is 10.3. The van der Waals surface area contributed by atoms with Crippen LogP contribution < -0.4 is 4.74 Å². The van der Waals surface area contributed by atoms with Gasteiger partial charge in [0.2, 0.25) is 0 Å². The van der Waals surface area contributed by atoms with Crippen LogP contribution in [0.15, 0.2) is 126 Å². The van der Waals surface area contributed by atoms with E-state index in [0.717, 1.165) is 71.4 Å². The Morgan fingerprint density at radius 3 is 2.18 bits per heavy atom. The molecule has 2 aromatic heterocycles. The van der Waals surface area contributed by atoms with Gasteiger partial charge in [-0.3, -0.25) is 4.57 Å². The number of nitrogens with zero attached hydrogens (tertiary/aromatic N) is 2. The first-order chi connectivity index (χ1) is 26.0. The van der Waals surface area contributed by atoms with Gasteiger partial charge >= 0.3 is 0 Å². The standard InChI is InChI=1S/C47H40N2O2/c1-27(2)36-24-33(30-14-8-7-9-15-30)25-37(28(3)4)45(36)49-44-29(5)13-12-18-40(44)48-47(49)35-21-22-41(50-6)43-39-23-32-20-19-31-16-10-11-17-34(31)38(32)26-42(39)51-46(35)43/h7-28H,1-6H3/i5D3. The molecule has 9 aromatic rings. The van der Waals surface area contributed by atoms with E-state index in [1.54, 1.807) is 19.2 Å². The SMILES string of the molecule is [2H]C([2H])([2H])c1cccc2nc(-c3ccc(OC)c4c3oc3cc5c(ccc6ccccc65)cc34)n(-c3c(C(C)C)cc(-c4ccccc4)cc3C(C)C)c12. The molecule has 0 saturated heterocycles. The maximum absolute atomic E-state index is 8.69. The smallest absolute Gasteiger partial charge is 0.150 e. The van der Waals surface area contributed by atoms with Crippen LogP contribution in [0.25, 0.3) is 82.7 Å². The van der Waals surface area contributed by atoms with Gasteiger partial charge in [-0.2, -0.15) is 0 Å². The average Bonchev–Trinajstić information content (AvgIpc) is 3.74.